The minimum absolute atomic E-state index is 0.0765. The summed E-state index contributed by atoms with van der Waals surface area (Å²) in [4.78, 5) is 36.4. The van der Waals surface area contributed by atoms with Gasteiger partial charge in [0.2, 0.25) is 11.8 Å². The molecule has 1 saturated heterocycles. The molecule has 0 radical (unpaired) electrons. The van der Waals surface area contributed by atoms with Gasteiger partial charge >= 0.3 is 0 Å². The van der Waals surface area contributed by atoms with Gasteiger partial charge in [0.25, 0.3) is 0 Å². The van der Waals surface area contributed by atoms with E-state index in [1.165, 1.54) is 19.3 Å². The number of hydrogen-bond acceptors (Lipinski definition) is 4. The van der Waals surface area contributed by atoms with Gasteiger partial charge in [-0.1, -0.05) is 19.3 Å². The average molecular weight is 385 g/mol. The molecule has 1 aromatic rings. The Morgan fingerprint density at radius 3 is 2.29 bits per heavy atom. The zero-order chi connectivity index (χ0) is 19.7. The molecule has 1 atom stereocenters. The highest BCUT2D eigenvalue weighted by Gasteiger charge is 2.35. The van der Waals surface area contributed by atoms with Crippen LogP contribution in [0.25, 0.3) is 0 Å². The second-order valence-corrected chi connectivity index (χ2v) is 8.85. The monoisotopic (exact) mass is 384 g/mol. The summed E-state index contributed by atoms with van der Waals surface area (Å²) in [5, 5.41) is 3.15. The van der Waals surface area contributed by atoms with Crippen LogP contribution in [0.1, 0.15) is 80.1 Å². The van der Waals surface area contributed by atoms with Crippen LogP contribution in [0.4, 0.5) is 0 Å². The van der Waals surface area contributed by atoms with Crippen LogP contribution in [0, 0.1) is 19.8 Å². The van der Waals surface area contributed by atoms with Crippen LogP contribution < -0.4 is 5.32 Å². The Morgan fingerprint density at radius 1 is 1.00 bits per heavy atom. The number of likely N-dealkylation sites (tertiary alicyclic amines) is 1. The highest BCUT2D eigenvalue weighted by atomic mass is 16.2. The van der Waals surface area contributed by atoms with Crippen molar-refractivity contribution in [3.63, 3.8) is 0 Å². The second kappa shape index (κ2) is 8.18. The molecule has 6 heteroatoms. The number of rotatable bonds is 5. The van der Waals surface area contributed by atoms with E-state index in [4.69, 9.17) is 9.97 Å². The molecular weight excluding hydrogens is 352 g/mol. The van der Waals surface area contributed by atoms with Crippen LogP contribution in [-0.2, 0) is 16.0 Å². The number of nitrogens with zero attached hydrogens (tertiary/aromatic N) is 3. The van der Waals surface area contributed by atoms with E-state index in [0.717, 1.165) is 68.0 Å². The molecule has 1 aromatic heterocycles. The molecule has 1 aliphatic heterocycles. The van der Waals surface area contributed by atoms with Crippen LogP contribution >= 0.6 is 0 Å². The standard InChI is InChI=1S/C22H32N4O2/c1-14-19(12-20(27)25-18-8-3-4-9-18)15(2)24-21(23-14)17-10-11-26(13-17)22(28)16-6-5-7-16/h16-18H,3-13H2,1-2H3,(H,25,27)/t17-/m1/s1. The van der Waals surface area contributed by atoms with Crippen molar-refractivity contribution in [2.75, 3.05) is 13.1 Å². The zero-order valence-electron chi connectivity index (χ0n) is 17.2. The fourth-order valence-corrected chi connectivity index (χ4v) is 4.80. The molecule has 2 amide bonds. The van der Waals surface area contributed by atoms with Crippen LogP contribution in [0.15, 0.2) is 0 Å². The third-order valence-corrected chi connectivity index (χ3v) is 6.82. The summed E-state index contributed by atoms with van der Waals surface area (Å²) in [6, 6.07) is 0.339. The van der Waals surface area contributed by atoms with Crippen molar-refractivity contribution in [1.82, 2.24) is 20.2 Å². The maximum absolute atomic E-state index is 12.5. The molecule has 2 heterocycles. The third kappa shape index (κ3) is 4.06. The zero-order valence-corrected chi connectivity index (χ0v) is 17.2. The SMILES string of the molecule is Cc1nc([C@@H]2CCN(C(=O)C3CCC3)C2)nc(C)c1CC(=O)NC1CCCC1. The van der Waals surface area contributed by atoms with Gasteiger partial charge in [0, 0.05) is 47.9 Å². The van der Waals surface area contributed by atoms with E-state index in [9.17, 15) is 9.59 Å². The van der Waals surface area contributed by atoms with Gasteiger partial charge in [0.15, 0.2) is 0 Å². The fourth-order valence-electron chi connectivity index (χ4n) is 4.80. The van der Waals surface area contributed by atoms with Crippen LogP contribution in [0.2, 0.25) is 0 Å². The van der Waals surface area contributed by atoms with Crippen LogP contribution in [0.5, 0.6) is 0 Å². The molecular formula is C22H32N4O2. The van der Waals surface area contributed by atoms with Crippen LogP contribution in [0.3, 0.4) is 0 Å². The van der Waals surface area contributed by atoms with E-state index >= 15 is 0 Å². The molecule has 2 saturated carbocycles. The smallest absolute Gasteiger partial charge is 0.225 e. The van der Waals surface area contributed by atoms with Gasteiger partial charge in [-0.15, -0.1) is 0 Å². The van der Waals surface area contributed by atoms with Gasteiger partial charge in [0.1, 0.15) is 5.82 Å². The summed E-state index contributed by atoms with van der Waals surface area (Å²) in [6.07, 6.45) is 9.17. The molecule has 0 unspecified atom stereocenters. The Kier molecular flexibility index (Phi) is 5.65. The molecule has 0 aromatic carbocycles. The number of aromatic nitrogens is 2. The number of nitrogens with one attached hydrogen (secondary N) is 1. The van der Waals surface area contributed by atoms with Gasteiger partial charge in [0.05, 0.1) is 6.42 Å². The number of aryl methyl sites for hydroxylation is 2. The minimum atomic E-state index is 0.0765. The number of hydrogen-bond donors (Lipinski definition) is 1. The molecule has 6 nitrogen and oxygen atoms in total. The van der Waals surface area contributed by atoms with Crippen molar-refractivity contribution in [2.24, 2.45) is 5.92 Å². The second-order valence-electron chi connectivity index (χ2n) is 8.85. The summed E-state index contributed by atoms with van der Waals surface area (Å²) in [7, 11) is 0. The number of carbonyl (C=O) groups excluding carboxylic acids is 2. The summed E-state index contributed by atoms with van der Waals surface area (Å²) >= 11 is 0. The Labute approximate surface area is 167 Å². The summed E-state index contributed by atoms with van der Waals surface area (Å²) in [5.41, 5.74) is 2.74. The largest absolute Gasteiger partial charge is 0.353 e. The fraction of sp³-hybridized carbons (Fsp3) is 0.727. The Bertz CT molecular complexity index is 730. The molecule has 28 heavy (non-hydrogen) atoms. The predicted octanol–water partition coefficient (Wildman–Crippen LogP) is 2.81. The summed E-state index contributed by atoms with van der Waals surface area (Å²) < 4.78 is 0. The number of carbonyl (C=O) groups is 2. The Balaban J connectivity index is 1.39. The lowest BCUT2D eigenvalue weighted by molar-refractivity contribution is -0.137. The van der Waals surface area contributed by atoms with E-state index in [1.807, 2.05) is 18.7 Å². The topological polar surface area (TPSA) is 75.2 Å². The first-order valence-electron chi connectivity index (χ1n) is 10.9. The van der Waals surface area contributed by atoms with E-state index in [1.54, 1.807) is 0 Å². The highest BCUT2D eigenvalue weighted by Crippen LogP contribution is 2.32. The molecule has 1 N–H and O–H groups in total. The van der Waals surface area contributed by atoms with Gasteiger partial charge in [-0.05, 0) is 46.0 Å². The average Bonchev–Trinajstić information content (AvgIpc) is 3.28. The number of amides is 2. The molecule has 2 aliphatic carbocycles. The van der Waals surface area contributed by atoms with Gasteiger partial charge in [-0.25, -0.2) is 9.97 Å². The van der Waals surface area contributed by atoms with Crippen LogP contribution in [-0.4, -0.2) is 45.8 Å². The van der Waals surface area contributed by atoms with Crippen molar-refractivity contribution in [2.45, 2.75) is 83.6 Å². The first-order chi connectivity index (χ1) is 13.5. The quantitative estimate of drug-likeness (QED) is 0.847. The molecule has 0 bridgehead atoms. The molecule has 152 valence electrons. The van der Waals surface area contributed by atoms with Crippen molar-refractivity contribution >= 4 is 11.8 Å². The van der Waals surface area contributed by atoms with E-state index in [2.05, 4.69) is 5.32 Å². The predicted molar refractivity (Wildman–Crippen MR) is 107 cm³/mol. The maximum atomic E-state index is 12.5. The molecule has 0 spiro atoms. The van der Waals surface area contributed by atoms with Crippen molar-refractivity contribution < 1.29 is 9.59 Å². The molecule has 3 aliphatic rings. The lowest BCUT2D eigenvalue weighted by Gasteiger charge is -2.29. The lowest BCUT2D eigenvalue weighted by atomic mass is 9.84. The Morgan fingerprint density at radius 2 is 1.68 bits per heavy atom. The van der Waals surface area contributed by atoms with Gasteiger partial charge in [-0.3, -0.25) is 9.59 Å². The Hall–Kier alpha value is -1.98. The molecule has 4 rings (SSSR count). The molecule has 3 fully saturated rings. The highest BCUT2D eigenvalue weighted by molar-refractivity contribution is 5.80. The summed E-state index contributed by atoms with van der Waals surface area (Å²) in [6.45, 7) is 5.49. The van der Waals surface area contributed by atoms with Gasteiger partial charge in [-0.2, -0.15) is 0 Å². The van der Waals surface area contributed by atoms with E-state index in [-0.39, 0.29) is 17.7 Å². The maximum Gasteiger partial charge on any atom is 0.225 e. The van der Waals surface area contributed by atoms with Gasteiger partial charge < -0.3 is 10.2 Å². The first kappa shape index (κ1) is 19.3. The minimum Gasteiger partial charge on any atom is -0.353 e. The lowest BCUT2D eigenvalue weighted by Crippen LogP contribution is -2.37. The normalized spacial score (nSPS) is 23.1. The van der Waals surface area contributed by atoms with Crippen molar-refractivity contribution in [3.05, 3.63) is 22.8 Å². The van der Waals surface area contributed by atoms with Crippen molar-refractivity contribution in [3.8, 4) is 0 Å². The third-order valence-electron chi connectivity index (χ3n) is 6.82. The van der Waals surface area contributed by atoms with E-state index < -0.39 is 0 Å². The first-order valence-corrected chi connectivity index (χ1v) is 10.9. The summed E-state index contributed by atoms with van der Waals surface area (Å²) in [5.74, 6) is 1.69. The van der Waals surface area contributed by atoms with Crippen molar-refractivity contribution in [1.29, 1.82) is 0 Å². The van der Waals surface area contributed by atoms with E-state index in [0.29, 0.717) is 18.4 Å².